The molecule has 0 radical (unpaired) electrons. The molecule has 0 bridgehead atoms. The third-order valence-corrected chi connectivity index (χ3v) is 8.58. The lowest BCUT2D eigenvalue weighted by atomic mass is 9.79. The van der Waals surface area contributed by atoms with Gasteiger partial charge in [0.2, 0.25) is 0 Å². The third kappa shape index (κ3) is 3.80. The van der Waals surface area contributed by atoms with Crippen molar-refractivity contribution >= 4 is 16.7 Å². The van der Waals surface area contributed by atoms with Crippen molar-refractivity contribution in [3.05, 3.63) is 53.5 Å². The van der Waals surface area contributed by atoms with Crippen LogP contribution in [-0.4, -0.2) is 76.1 Å². The Kier molecular flexibility index (Phi) is 5.36. The lowest BCUT2D eigenvalue weighted by Crippen LogP contribution is -2.55. The number of fused-ring (bicyclic) bond motifs is 1. The molecule has 0 amide bonds. The van der Waals surface area contributed by atoms with Crippen molar-refractivity contribution in [3.63, 3.8) is 0 Å². The van der Waals surface area contributed by atoms with Gasteiger partial charge >= 0.3 is 0 Å². The van der Waals surface area contributed by atoms with Crippen molar-refractivity contribution in [2.45, 2.75) is 40.0 Å². The smallest absolute Gasteiger partial charge is 0.179 e. The summed E-state index contributed by atoms with van der Waals surface area (Å²) >= 11 is 0. The molecule has 3 aliphatic rings. The van der Waals surface area contributed by atoms with Gasteiger partial charge in [0.25, 0.3) is 0 Å². The van der Waals surface area contributed by atoms with Crippen molar-refractivity contribution in [3.8, 4) is 5.69 Å². The standard InChI is InChI=1S/C28H37N7/c1-19-6-8-24(9-7-19)35-22(4)25-20(2)29-30-27(26(25)31-35)33-13-10-23(11-14-33)21(3)34-15-12-28(18-34)16-32(5)17-28/h6-9,23H,3,10-18H2,1-2,4-5H3. The molecule has 0 saturated carbocycles. The fourth-order valence-corrected chi connectivity index (χ4v) is 6.68. The Labute approximate surface area is 208 Å². The third-order valence-electron chi connectivity index (χ3n) is 8.58. The lowest BCUT2D eigenvalue weighted by Gasteiger charge is -2.46. The number of hydrogen-bond donors (Lipinski definition) is 0. The van der Waals surface area contributed by atoms with Crippen LogP contribution in [0.15, 0.2) is 36.5 Å². The first kappa shape index (κ1) is 22.5. The van der Waals surface area contributed by atoms with Crippen LogP contribution in [0.5, 0.6) is 0 Å². The van der Waals surface area contributed by atoms with E-state index in [0.717, 1.165) is 59.7 Å². The zero-order chi connectivity index (χ0) is 24.3. The molecule has 1 spiro atoms. The number of nitrogens with zero attached hydrogens (tertiary/aromatic N) is 7. The van der Waals surface area contributed by atoms with Crippen LogP contribution >= 0.6 is 0 Å². The van der Waals surface area contributed by atoms with E-state index in [4.69, 9.17) is 5.10 Å². The monoisotopic (exact) mass is 471 g/mol. The van der Waals surface area contributed by atoms with Gasteiger partial charge in [-0.2, -0.15) is 10.2 Å². The van der Waals surface area contributed by atoms with Crippen molar-refractivity contribution < 1.29 is 0 Å². The Bertz CT molecular complexity index is 1260. The second-order valence-corrected chi connectivity index (χ2v) is 11.3. The van der Waals surface area contributed by atoms with Crippen LogP contribution in [0, 0.1) is 32.1 Å². The Morgan fingerprint density at radius 2 is 1.69 bits per heavy atom. The van der Waals surface area contributed by atoms with Crippen LogP contribution < -0.4 is 4.90 Å². The minimum absolute atomic E-state index is 0.523. The summed E-state index contributed by atoms with van der Waals surface area (Å²) in [6.45, 7) is 17.6. The van der Waals surface area contributed by atoms with E-state index in [-0.39, 0.29) is 0 Å². The number of allylic oxidation sites excluding steroid dienone is 1. The van der Waals surface area contributed by atoms with Crippen LogP contribution in [0.25, 0.3) is 16.6 Å². The maximum absolute atomic E-state index is 5.05. The Hall–Kier alpha value is -2.93. The van der Waals surface area contributed by atoms with Gasteiger partial charge < -0.3 is 14.7 Å². The molecule has 1 aromatic carbocycles. The second kappa shape index (κ2) is 8.33. The number of hydrogen-bond acceptors (Lipinski definition) is 6. The van der Waals surface area contributed by atoms with Crippen molar-refractivity contribution in [2.75, 3.05) is 51.2 Å². The predicted molar refractivity (Wildman–Crippen MR) is 141 cm³/mol. The van der Waals surface area contributed by atoms with E-state index in [1.165, 1.54) is 43.9 Å². The summed E-state index contributed by atoms with van der Waals surface area (Å²) in [4.78, 5) is 7.41. The molecule has 3 aromatic rings. The van der Waals surface area contributed by atoms with E-state index < -0.39 is 0 Å². The Morgan fingerprint density at radius 1 is 0.971 bits per heavy atom. The fourth-order valence-electron chi connectivity index (χ4n) is 6.68. The molecular weight excluding hydrogens is 434 g/mol. The molecule has 3 saturated heterocycles. The van der Waals surface area contributed by atoms with Crippen LogP contribution in [0.1, 0.15) is 36.2 Å². The molecule has 6 rings (SSSR count). The number of aryl methyl sites for hydroxylation is 3. The van der Waals surface area contributed by atoms with Crippen molar-refractivity contribution in [1.29, 1.82) is 0 Å². The van der Waals surface area contributed by atoms with Gasteiger partial charge in [-0.1, -0.05) is 24.3 Å². The Balaban J connectivity index is 1.20. The zero-order valence-electron chi connectivity index (χ0n) is 21.6. The first-order valence-electron chi connectivity index (χ1n) is 13.0. The van der Waals surface area contributed by atoms with Gasteiger partial charge in [0, 0.05) is 56.3 Å². The van der Waals surface area contributed by atoms with Crippen LogP contribution in [0.2, 0.25) is 0 Å². The highest BCUT2D eigenvalue weighted by Crippen LogP contribution is 2.42. The van der Waals surface area contributed by atoms with Gasteiger partial charge in [-0.25, -0.2) is 4.68 Å². The molecule has 0 N–H and O–H groups in total. The number of benzene rings is 1. The van der Waals surface area contributed by atoms with Gasteiger partial charge in [0.05, 0.1) is 22.5 Å². The largest absolute Gasteiger partial charge is 0.374 e. The number of anilines is 1. The van der Waals surface area contributed by atoms with Gasteiger partial charge in [-0.05, 0) is 59.2 Å². The molecule has 3 aliphatic heterocycles. The van der Waals surface area contributed by atoms with Gasteiger partial charge in [0.1, 0.15) is 5.52 Å². The summed E-state index contributed by atoms with van der Waals surface area (Å²) < 4.78 is 2.04. The number of piperidine rings is 1. The lowest BCUT2D eigenvalue weighted by molar-refractivity contribution is 0.0325. The van der Waals surface area contributed by atoms with Crippen LogP contribution in [-0.2, 0) is 0 Å². The molecular formula is C28H37N7. The van der Waals surface area contributed by atoms with Crippen LogP contribution in [0.3, 0.4) is 0 Å². The molecule has 7 nitrogen and oxygen atoms in total. The summed E-state index contributed by atoms with van der Waals surface area (Å²) in [5, 5.41) is 15.4. The summed E-state index contributed by atoms with van der Waals surface area (Å²) in [5.41, 5.74) is 7.22. The number of aromatic nitrogens is 4. The molecule has 0 atom stereocenters. The molecule has 0 unspecified atom stereocenters. The molecule has 184 valence electrons. The highest BCUT2D eigenvalue weighted by Gasteiger charge is 2.46. The molecule has 2 aromatic heterocycles. The first-order valence-corrected chi connectivity index (χ1v) is 13.0. The van der Waals surface area contributed by atoms with Crippen molar-refractivity contribution in [2.24, 2.45) is 11.3 Å². The SMILES string of the molecule is C=C(C1CCN(c2nnc(C)c3c(C)n(-c4ccc(C)cc4)nc23)CC1)N1CCC2(CN(C)C2)C1. The maximum Gasteiger partial charge on any atom is 0.179 e. The van der Waals surface area contributed by atoms with Gasteiger partial charge in [-0.15, -0.1) is 5.10 Å². The molecule has 5 heterocycles. The van der Waals surface area contributed by atoms with E-state index in [1.54, 1.807) is 0 Å². The summed E-state index contributed by atoms with van der Waals surface area (Å²) in [5.74, 6) is 1.47. The second-order valence-electron chi connectivity index (χ2n) is 11.3. The summed E-state index contributed by atoms with van der Waals surface area (Å²) in [6.07, 6.45) is 3.53. The molecule has 35 heavy (non-hydrogen) atoms. The molecule has 0 aliphatic carbocycles. The molecule has 7 heteroatoms. The van der Waals surface area contributed by atoms with Crippen LogP contribution in [0.4, 0.5) is 5.82 Å². The first-order chi connectivity index (χ1) is 16.8. The minimum atomic E-state index is 0.523. The average Bonchev–Trinajstić information content (AvgIpc) is 3.42. The number of rotatable bonds is 4. The van der Waals surface area contributed by atoms with E-state index >= 15 is 0 Å². The summed E-state index contributed by atoms with van der Waals surface area (Å²) in [7, 11) is 2.23. The zero-order valence-corrected chi connectivity index (χ0v) is 21.6. The van der Waals surface area contributed by atoms with Gasteiger partial charge in [-0.3, -0.25) is 0 Å². The highest BCUT2D eigenvalue weighted by molar-refractivity contribution is 5.92. The predicted octanol–water partition coefficient (Wildman–Crippen LogP) is 4.11. The van der Waals surface area contributed by atoms with E-state index in [2.05, 4.69) is 76.6 Å². The normalized spacial score (nSPS) is 20.7. The van der Waals surface area contributed by atoms with E-state index in [0.29, 0.717) is 11.3 Å². The fraction of sp³-hybridized carbons (Fsp3) is 0.536. The average molecular weight is 472 g/mol. The van der Waals surface area contributed by atoms with E-state index in [1.807, 2.05) is 11.6 Å². The topological polar surface area (TPSA) is 53.3 Å². The Morgan fingerprint density at radius 3 is 2.37 bits per heavy atom. The molecule has 3 fully saturated rings. The van der Waals surface area contributed by atoms with Crippen molar-refractivity contribution in [1.82, 2.24) is 29.8 Å². The summed E-state index contributed by atoms with van der Waals surface area (Å²) in [6, 6.07) is 8.53. The maximum atomic E-state index is 5.05. The minimum Gasteiger partial charge on any atom is -0.374 e. The van der Waals surface area contributed by atoms with Gasteiger partial charge in [0.15, 0.2) is 5.82 Å². The number of likely N-dealkylation sites (tertiary alicyclic amines) is 2. The van der Waals surface area contributed by atoms with E-state index in [9.17, 15) is 0 Å². The quantitative estimate of drug-likeness (QED) is 0.571. The highest BCUT2D eigenvalue weighted by atomic mass is 15.3.